The number of rotatable bonds is 5. The topological polar surface area (TPSA) is 61.3 Å². The first-order chi connectivity index (χ1) is 8.79. The number of aromatic nitrogens is 2. The van der Waals surface area contributed by atoms with Crippen molar-refractivity contribution >= 4 is 17.4 Å². The third kappa shape index (κ3) is 3.80. The molecular weight excluding hydrogens is 252 g/mol. The van der Waals surface area contributed by atoms with Crippen molar-refractivity contribution in [1.29, 1.82) is 0 Å². The van der Waals surface area contributed by atoms with Gasteiger partial charge in [0.15, 0.2) is 5.15 Å². The highest BCUT2D eigenvalue weighted by molar-refractivity contribution is 6.29. The Hall–Kier alpha value is -0.910. The Morgan fingerprint density at radius 1 is 1.39 bits per heavy atom. The molecule has 0 radical (unpaired) electrons. The molecule has 0 spiro atoms. The Kier molecular flexibility index (Phi) is 5.16. The number of aliphatic hydroxyl groups is 1. The third-order valence-corrected chi connectivity index (χ3v) is 3.49. The minimum atomic E-state index is 0.219. The lowest BCUT2D eigenvalue weighted by atomic mass is 10.0. The molecule has 0 amide bonds. The van der Waals surface area contributed by atoms with Crippen LogP contribution in [0.25, 0.3) is 0 Å². The molecule has 1 aromatic heterocycles. The summed E-state index contributed by atoms with van der Waals surface area (Å²) in [6.45, 7) is 2.87. The molecule has 18 heavy (non-hydrogen) atoms. The molecule has 1 unspecified atom stereocenters. The molecule has 0 bridgehead atoms. The predicted molar refractivity (Wildman–Crippen MR) is 71.8 cm³/mol. The zero-order valence-corrected chi connectivity index (χ0v) is 11.1. The van der Waals surface area contributed by atoms with E-state index in [9.17, 15) is 0 Å². The van der Waals surface area contributed by atoms with E-state index in [2.05, 4.69) is 20.4 Å². The number of β-amino-alcohol motifs (C(OH)–C–C–N with tert-alkyl or cyclic N) is 1. The van der Waals surface area contributed by atoms with Crippen molar-refractivity contribution in [3.63, 3.8) is 0 Å². The average Bonchev–Trinajstić information content (AvgIpc) is 2.40. The number of hydrogen-bond acceptors (Lipinski definition) is 5. The molecular formula is C12H19ClN4O. The van der Waals surface area contributed by atoms with Crippen LogP contribution in [0.5, 0.6) is 0 Å². The van der Waals surface area contributed by atoms with E-state index in [-0.39, 0.29) is 6.61 Å². The monoisotopic (exact) mass is 270 g/mol. The fraction of sp³-hybridized carbons (Fsp3) is 0.667. The largest absolute Gasteiger partial charge is 0.395 e. The van der Waals surface area contributed by atoms with Gasteiger partial charge in [0.25, 0.3) is 0 Å². The van der Waals surface area contributed by atoms with Gasteiger partial charge in [0.1, 0.15) is 5.82 Å². The minimum Gasteiger partial charge on any atom is -0.395 e. The summed E-state index contributed by atoms with van der Waals surface area (Å²) in [5.41, 5.74) is 0. The highest BCUT2D eigenvalue weighted by atomic mass is 35.5. The van der Waals surface area contributed by atoms with E-state index in [1.165, 1.54) is 12.8 Å². The molecule has 100 valence electrons. The van der Waals surface area contributed by atoms with Crippen LogP contribution in [0, 0.1) is 0 Å². The maximum absolute atomic E-state index is 9.05. The molecule has 0 saturated carbocycles. The highest BCUT2D eigenvalue weighted by Gasteiger charge is 2.21. The third-order valence-electron chi connectivity index (χ3n) is 3.29. The van der Waals surface area contributed by atoms with Crippen molar-refractivity contribution in [3.05, 3.63) is 17.3 Å². The van der Waals surface area contributed by atoms with Crippen LogP contribution in [0.1, 0.15) is 19.3 Å². The molecule has 2 N–H and O–H groups in total. The van der Waals surface area contributed by atoms with Gasteiger partial charge in [0.05, 0.1) is 6.61 Å². The first-order valence-corrected chi connectivity index (χ1v) is 6.75. The van der Waals surface area contributed by atoms with Crippen molar-refractivity contribution < 1.29 is 5.11 Å². The summed E-state index contributed by atoms with van der Waals surface area (Å²) in [5.74, 6) is 0.744. The Morgan fingerprint density at radius 3 is 3.00 bits per heavy atom. The first-order valence-electron chi connectivity index (χ1n) is 6.37. The van der Waals surface area contributed by atoms with Crippen LogP contribution >= 0.6 is 11.6 Å². The van der Waals surface area contributed by atoms with Gasteiger partial charge in [0, 0.05) is 19.1 Å². The predicted octanol–water partition coefficient (Wildman–Crippen LogP) is 1.39. The number of hydrogen-bond donors (Lipinski definition) is 2. The summed E-state index contributed by atoms with van der Waals surface area (Å²) in [5, 5.41) is 20.5. The molecule has 2 rings (SSSR count). The van der Waals surface area contributed by atoms with Crippen LogP contribution in [0.2, 0.25) is 5.15 Å². The van der Waals surface area contributed by atoms with Crippen molar-refractivity contribution in [2.45, 2.75) is 25.3 Å². The van der Waals surface area contributed by atoms with Crippen molar-refractivity contribution in [2.75, 3.05) is 31.6 Å². The maximum atomic E-state index is 9.05. The summed E-state index contributed by atoms with van der Waals surface area (Å²) < 4.78 is 0. The lowest BCUT2D eigenvalue weighted by Crippen LogP contribution is -2.44. The van der Waals surface area contributed by atoms with E-state index < -0.39 is 0 Å². The minimum absolute atomic E-state index is 0.219. The van der Waals surface area contributed by atoms with Crippen molar-refractivity contribution in [2.24, 2.45) is 0 Å². The van der Waals surface area contributed by atoms with Crippen LogP contribution < -0.4 is 5.32 Å². The number of halogens is 1. The number of anilines is 1. The number of piperidine rings is 1. The van der Waals surface area contributed by atoms with Crippen LogP contribution in [0.4, 0.5) is 5.82 Å². The Morgan fingerprint density at radius 2 is 2.28 bits per heavy atom. The number of aliphatic hydroxyl groups excluding tert-OH is 1. The molecule has 6 heteroatoms. The fourth-order valence-electron chi connectivity index (χ4n) is 2.35. The SMILES string of the molecule is OCCN1CCCCC1CNc1ccc(Cl)nn1. The van der Waals surface area contributed by atoms with Gasteiger partial charge in [-0.3, -0.25) is 4.90 Å². The summed E-state index contributed by atoms with van der Waals surface area (Å²) in [7, 11) is 0. The zero-order chi connectivity index (χ0) is 12.8. The number of likely N-dealkylation sites (tertiary alicyclic amines) is 1. The van der Waals surface area contributed by atoms with Gasteiger partial charge in [-0.2, -0.15) is 0 Å². The van der Waals surface area contributed by atoms with Gasteiger partial charge >= 0.3 is 0 Å². The van der Waals surface area contributed by atoms with Gasteiger partial charge in [-0.25, -0.2) is 0 Å². The first kappa shape index (κ1) is 13.5. The second-order valence-corrected chi connectivity index (χ2v) is 4.92. The standard InChI is InChI=1S/C12H19ClN4O/c13-11-4-5-12(16-15-11)14-9-10-3-1-2-6-17(10)7-8-18/h4-5,10,18H,1-3,6-9H2,(H,14,16). The van der Waals surface area contributed by atoms with Gasteiger partial charge in [0.2, 0.25) is 0 Å². The molecule has 5 nitrogen and oxygen atoms in total. The number of nitrogens with zero attached hydrogens (tertiary/aromatic N) is 3. The summed E-state index contributed by atoms with van der Waals surface area (Å²) in [6.07, 6.45) is 3.63. The van der Waals surface area contributed by atoms with Gasteiger partial charge in [-0.15, -0.1) is 10.2 Å². The molecule has 1 atom stereocenters. The molecule has 1 aliphatic heterocycles. The summed E-state index contributed by atoms with van der Waals surface area (Å²) >= 11 is 5.69. The molecule has 0 aromatic carbocycles. The maximum Gasteiger partial charge on any atom is 0.151 e. The van der Waals surface area contributed by atoms with Crippen LogP contribution in [-0.2, 0) is 0 Å². The second-order valence-electron chi connectivity index (χ2n) is 4.53. The lowest BCUT2D eigenvalue weighted by Gasteiger charge is -2.35. The number of nitrogens with one attached hydrogen (secondary N) is 1. The second kappa shape index (κ2) is 6.87. The van der Waals surface area contributed by atoms with E-state index in [1.807, 2.05) is 6.07 Å². The van der Waals surface area contributed by atoms with Gasteiger partial charge in [-0.05, 0) is 31.5 Å². The molecule has 0 aliphatic carbocycles. The van der Waals surface area contributed by atoms with E-state index in [0.717, 1.165) is 31.9 Å². The molecule has 1 fully saturated rings. The van der Waals surface area contributed by atoms with E-state index in [0.29, 0.717) is 11.2 Å². The van der Waals surface area contributed by atoms with Gasteiger partial charge in [-0.1, -0.05) is 18.0 Å². The smallest absolute Gasteiger partial charge is 0.151 e. The molecule has 1 aliphatic rings. The Bertz CT molecular complexity index is 358. The fourth-order valence-corrected chi connectivity index (χ4v) is 2.45. The van der Waals surface area contributed by atoms with Crippen molar-refractivity contribution in [3.8, 4) is 0 Å². The molecule has 1 aromatic rings. The zero-order valence-electron chi connectivity index (χ0n) is 10.3. The van der Waals surface area contributed by atoms with E-state index >= 15 is 0 Å². The highest BCUT2D eigenvalue weighted by Crippen LogP contribution is 2.17. The molecule has 2 heterocycles. The van der Waals surface area contributed by atoms with Crippen molar-refractivity contribution in [1.82, 2.24) is 15.1 Å². The Balaban J connectivity index is 1.85. The average molecular weight is 271 g/mol. The van der Waals surface area contributed by atoms with Crippen LogP contribution in [0.3, 0.4) is 0 Å². The Labute approximate surface area is 112 Å². The van der Waals surface area contributed by atoms with Gasteiger partial charge < -0.3 is 10.4 Å². The normalized spacial score (nSPS) is 20.9. The van der Waals surface area contributed by atoms with E-state index in [1.54, 1.807) is 6.07 Å². The van der Waals surface area contributed by atoms with E-state index in [4.69, 9.17) is 16.7 Å². The summed E-state index contributed by atoms with van der Waals surface area (Å²) in [4.78, 5) is 2.33. The van der Waals surface area contributed by atoms with Crippen LogP contribution in [0.15, 0.2) is 12.1 Å². The van der Waals surface area contributed by atoms with Crippen LogP contribution in [-0.4, -0.2) is 52.5 Å². The molecule has 1 saturated heterocycles. The quantitative estimate of drug-likeness (QED) is 0.847. The summed E-state index contributed by atoms with van der Waals surface area (Å²) in [6, 6.07) is 4.01. The lowest BCUT2D eigenvalue weighted by molar-refractivity contribution is 0.123.